The van der Waals surface area contributed by atoms with E-state index in [0.29, 0.717) is 18.9 Å². The first kappa shape index (κ1) is 13.4. The van der Waals surface area contributed by atoms with Gasteiger partial charge in [-0.3, -0.25) is 20.4 Å². The minimum absolute atomic E-state index is 0.0572. The molecule has 1 N–H and O–H groups in total. The van der Waals surface area contributed by atoms with Crippen LogP contribution in [0.1, 0.15) is 13.3 Å². The molecule has 0 fully saturated rings. The summed E-state index contributed by atoms with van der Waals surface area (Å²) in [5, 5.41) is 10.4. The van der Waals surface area contributed by atoms with Gasteiger partial charge in [0.2, 0.25) is 0 Å². The maximum Gasteiger partial charge on any atom is 0.269 e. The van der Waals surface area contributed by atoms with E-state index < -0.39 is 4.92 Å². The lowest BCUT2D eigenvalue weighted by atomic mass is 10.3. The standard InChI is InChI=1S/C11H16N2O4/c1-2-7-16-8-9-17-12-10-3-5-11(6-4-10)13(14)15/h3-6,12H,2,7-9H2,1H3. The van der Waals surface area contributed by atoms with Gasteiger partial charge >= 0.3 is 0 Å². The van der Waals surface area contributed by atoms with Crippen LogP contribution in [0.5, 0.6) is 0 Å². The number of hydrogen-bond donors (Lipinski definition) is 1. The van der Waals surface area contributed by atoms with Gasteiger partial charge in [0.25, 0.3) is 5.69 Å². The van der Waals surface area contributed by atoms with Crippen LogP contribution in [0, 0.1) is 10.1 Å². The van der Waals surface area contributed by atoms with Crippen LogP contribution < -0.4 is 5.48 Å². The summed E-state index contributed by atoms with van der Waals surface area (Å²) in [4.78, 5) is 15.1. The third-order valence-electron chi connectivity index (χ3n) is 1.95. The molecule has 0 unspecified atom stereocenters. The Hall–Kier alpha value is -1.66. The fraction of sp³-hybridized carbons (Fsp3) is 0.455. The molecule has 0 aromatic heterocycles. The van der Waals surface area contributed by atoms with Crippen molar-refractivity contribution in [1.29, 1.82) is 0 Å². The van der Waals surface area contributed by atoms with Gasteiger partial charge in [-0.05, 0) is 18.6 Å². The first-order valence-electron chi connectivity index (χ1n) is 5.44. The number of anilines is 1. The average Bonchev–Trinajstić information content (AvgIpc) is 2.34. The highest BCUT2D eigenvalue weighted by Gasteiger charge is 2.03. The molecule has 17 heavy (non-hydrogen) atoms. The molecule has 1 aromatic carbocycles. The van der Waals surface area contributed by atoms with Crippen molar-refractivity contribution in [3.8, 4) is 0 Å². The largest absolute Gasteiger partial charge is 0.379 e. The number of hydrogen-bond acceptors (Lipinski definition) is 5. The second-order valence-corrected chi connectivity index (χ2v) is 3.37. The summed E-state index contributed by atoms with van der Waals surface area (Å²) in [5.41, 5.74) is 3.41. The number of benzene rings is 1. The van der Waals surface area contributed by atoms with Gasteiger partial charge in [-0.2, -0.15) is 0 Å². The van der Waals surface area contributed by atoms with E-state index in [1.165, 1.54) is 12.1 Å². The Morgan fingerprint density at radius 1 is 1.24 bits per heavy atom. The highest BCUT2D eigenvalue weighted by molar-refractivity contribution is 5.46. The molecule has 0 bridgehead atoms. The zero-order valence-electron chi connectivity index (χ0n) is 9.72. The molecule has 6 heteroatoms. The van der Waals surface area contributed by atoms with E-state index in [9.17, 15) is 10.1 Å². The van der Waals surface area contributed by atoms with Gasteiger partial charge in [0, 0.05) is 18.7 Å². The van der Waals surface area contributed by atoms with Crippen LogP contribution in [-0.4, -0.2) is 24.7 Å². The molecule has 0 aliphatic heterocycles. The minimum atomic E-state index is -0.441. The Morgan fingerprint density at radius 2 is 1.94 bits per heavy atom. The van der Waals surface area contributed by atoms with Crippen molar-refractivity contribution in [2.45, 2.75) is 13.3 Å². The number of nitro benzene ring substituents is 1. The third-order valence-corrected chi connectivity index (χ3v) is 1.95. The average molecular weight is 240 g/mol. The third kappa shape index (κ3) is 5.28. The van der Waals surface area contributed by atoms with Gasteiger partial charge in [-0.1, -0.05) is 6.92 Å². The summed E-state index contributed by atoms with van der Waals surface area (Å²) < 4.78 is 5.22. The van der Waals surface area contributed by atoms with E-state index in [1.54, 1.807) is 12.1 Å². The summed E-state index contributed by atoms with van der Waals surface area (Å²) in [6.07, 6.45) is 0.982. The smallest absolute Gasteiger partial charge is 0.269 e. The van der Waals surface area contributed by atoms with E-state index in [2.05, 4.69) is 5.48 Å². The molecule has 94 valence electrons. The van der Waals surface area contributed by atoms with E-state index >= 15 is 0 Å². The minimum Gasteiger partial charge on any atom is -0.379 e. The number of rotatable bonds is 8. The number of non-ortho nitro benzene ring substituents is 1. The van der Waals surface area contributed by atoms with E-state index in [-0.39, 0.29) is 5.69 Å². The monoisotopic (exact) mass is 240 g/mol. The SMILES string of the molecule is CCCOCCONc1ccc([N+](=O)[O-])cc1. The van der Waals surface area contributed by atoms with Gasteiger partial charge in [-0.15, -0.1) is 0 Å². The fourth-order valence-corrected chi connectivity index (χ4v) is 1.13. The lowest BCUT2D eigenvalue weighted by Gasteiger charge is -2.06. The number of nitrogens with zero attached hydrogens (tertiary/aromatic N) is 1. The zero-order chi connectivity index (χ0) is 12.5. The molecule has 0 radical (unpaired) electrons. The molecule has 0 saturated heterocycles. The number of nitrogens with one attached hydrogen (secondary N) is 1. The summed E-state index contributed by atoms with van der Waals surface area (Å²) in [5.74, 6) is 0. The Labute approximate surface area is 99.6 Å². The molecule has 0 heterocycles. The van der Waals surface area contributed by atoms with Crippen molar-refractivity contribution in [2.24, 2.45) is 0 Å². The van der Waals surface area contributed by atoms with Crippen molar-refractivity contribution < 1.29 is 14.5 Å². The van der Waals surface area contributed by atoms with Gasteiger partial charge in [0.05, 0.1) is 23.8 Å². The maximum absolute atomic E-state index is 10.4. The molecule has 0 saturated carbocycles. The first-order chi connectivity index (χ1) is 8.24. The van der Waals surface area contributed by atoms with E-state index in [1.807, 2.05) is 6.92 Å². The Kier molecular flexibility index (Phi) is 5.98. The van der Waals surface area contributed by atoms with Gasteiger partial charge < -0.3 is 4.74 Å². The quantitative estimate of drug-likeness (QED) is 0.429. The van der Waals surface area contributed by atoms with Gasteiger partial charge in [0.1, 0.15) is 0 Å². The van der Waals surface area contributed by atoms with Crippen LogP contribution in [0.2, 0.25) is 0 Å². The molecule has 6 nitrogen and oxygen atoms in total. The van der Waals surface area contributed by atoms with Crippen LogP contribution in [0.4, 0.5) is 11.4 Å². The van der Waals surface area contributed by atoms with Crippen molar-refractivity contribution >= 4 is 11.4 Å². The highest BCUT2D eigenvalue weighted by Crippen LogP contribution is 2.15. The highest BCUT2D eigenvalue weighted by atomic mass is 16.7. The second-order valence-electron chi connectivity index (χ2n) is 3.37. The summed E-state index contributed by atoms with van der Waals surface area (Å²) in [7, 11) is 0. The predicted octanol–water partition coefficient (Wildman–Crippen LogP) is 2.36. The second kappa shape index (κ2) is 7.59. The number of nitro groups is 1. The molecule has 0 aliphatic carbocycles. The van der Waals surface area contributed by atoms with Crippen molar-refractivity contribution in [3.05, 3.63) is 34.4 Å². The molecule has 1 rings (SSSR count). The van der Waals surface area contributed by atoms with Gasteiger partial charge in [-0.25, -0.2) is 0 Å². The van der Waals surface area contributed by atoms with Crippen molar-refractivity contribution in [3.63, 3.8) is 0 Å². The lowest BCUT2D eigenvalue weighted by Crippen LogP contribution is -2.09. The Balaban J connectivity index is 2.21. The Bertz CT molecular complexity index is 340. The topological polar surface area (TPSA) is 73.6 Å². The molecular weight excluding hydrogens is 224 g/mol. The number of ether oxygens (including phenoxy) is 1. The predicted molar refractivity (Wildman–Crippen MR) is 63.8 cm³/mol. The molecule has 0 atom stereocenters. The summed E-state index contributed by atoms with van der Waals surface area (Å²) >= 11 is 0. The summed E-state index contributed by atoms with van der Waals surface area (Å²) in [6, 6.07) is 6.01. The maximum atomic E-state index is 10.4. The van der Waals surface area contributed by atoms with E-state index in [0.717, 1.165) is 13.0 Å². The molecule has 1 aromatic rings. The Morgan fingerprint density at radius 3 is 2.53 bits per heavy atom. The van der Waals surface area contributed by atoms with Crippen LogP contribution in [-0.2, 0) is 9.57 Å². The zero-order valence-corrected chi connectivity index (χ0v) is 9.72. The fourth-order valence-electron chi connectivity index (χ4n) is 1.13. The molecule has 0 spiro atoms. The van der Waals surface area contributed by atoms with Crippen LogP contribution in [0.3, 0.4) is 0 Å². The van der Waals surface area contributed by atoms with Crippen LogP contribution >= 0.6 is 0 Å². The van der Waals surface area contributed by atoms with Crippen molar-refractivity contribution in [2.75, 3.05) is 25.3 Å². The van der Waals surface area contributed by atoms with Crippen LogP contribution in [0.15, 0.2) is 24.3 Å². The van der Waals surface area contributed by atoms with E-state index in [4.69, 9.17) is 9.57 Å². The normalized spacial score (nSPS) is 10.2. The molecule has 0 amide bonds. The summed E-state index contributed by atoms with van der Waals surface area (Å²) in [6.45, 7) is 3.71. The lowest BCUT2D eigenvalue weighted by molar-refractivity contribution is -0.384. The molecular formula is C11H16N2O4. The van der Waals surface area contributed by atoms with Crippen molar-refractivity contribution in [1.82, 2.24) is 0 Å². The molecule has 0 aliphatic rings. The van der Waals surface area contributed by atoms with Gasteiger partial charge in [0.15, 0.2) is 0 Å². The first-order valence-corrected chi connectivity index (χ1v) is 5.44. The van der Waals surface area contributed by atoms with Crippen LogP contribution in [0.25, 0.3) is 0 Å².